The molecule has 1 rings (SSSR count). The van der Waals surface area contributed by atoms with Gasteiger partial charge in [0.05, 0.1) is 4.92 Å². The average Bonchev–Trinajstić information content (AvgIpc) is 2.24. The van der Waals surface area contributed by atoms with Gasteiger partial charge in [-0.3, -0.25) is 14.9 Å². The number of esters is 1. The molecule has 0 aliphatic rings. The predicted molar refractivity (Wildman–Crippen MR) is 57.3 cm³/mol. The predicted octanol–water partition coefficient (Wildman–Crippen LogP) is 0.545. The minimum absolute atomic E-state index is 0.198. The lowest BCUT2D eigenvalue weighted by molar-refractivity contribution is -0.385. The lowest BCUT2D eigenvalue weighted by Crippen LogP contribution is -2.21. The summed E-state index contributed by atoms with van der Waals surface area (Å²) in [6.45, 7) is 0.896. The number of nitro groups is 1. The zero-order valence-corrected chi connectivity index (χ0v) is 9.00. The quantitative estimate of drug-likeness (QED) is 0.467. The monoisotopic (exact) mass is 238 g/mol. The number of benzene rings is 1. The number of hydrogen-bond acceptors (Lipinski definition) is 5. The van der Waals surface area contributed by atoms with Crippen molar-refractivity contribution in [2.45, 2.75) is 6.92 Å². The van der Waals surface area contributed by atoms with E-state index >= 15 is 0 Å². The van der Waals surface area contributed by atoms with Gasteiger partial charge < -0.3 is 10.5 Å². The molecule has 0 spiro atoms. The molecule has 1 aromatic carbocycles. The highest BCUT2D eigenvalue weighted by molar-refractivity contribution is 5.95. The fourth-order valence-corrected chi connectivity index (χ4v) is 1.28. The Bertz CT molecular complexity index is 484. The van der Waals surface area contributed by atoms with Crippen LogP contribution in [0, 0.1) is 17.0 Å². The third kappa shape index (κ3) is 3.00. The van der Waals surface area contributed by atoms with Crippen molar-refractivity contribution in [2.24, 2.45) is 5.73 Å². The largest absolute Gasteiger partial charge is 0.452 e. The van der Waals surface area contributed by atoms with Crippen LogP contribution in [-0.4, -0.2) is 23.4 Å². The van der Waals surface area contributed by atoms with E-state index in [0.717, 1.165) is 0 Å². The first-order chi connectivity index (χ1) is 7.93. The van der Waals surface area contributed by atoms with Gasteiger partial charge in [0.1, 0.15) is 5.56 Å². The van der Waals surface area contributed by atoms with Gasteiger partial charge in [-0.05, 0) is 13.0 Å². The van der Waals surface area contributed by atoms with Crippen LogP contribution >= 0.6 is 0 Å². The van der Waals surface area contributed by atoms with Gasteiger partial charge in [-0.15, -0.1) is 0 Å². The van der Waals surface area contributed by atoms with Crippen LogP contribution in [0.25, 0.3) is 0 Å². The summed E-state index contributed by atoms with van der Waals surface area (Å²) in [7, 11) is 0. The molecule has 17 heavy (non-hydrogen) atoms. The third-order valence-corrected chi connectivity index (χ3v) is 1.99. The van der Waals surface area contributed by atoms with Gasteiger partial charge in [0, 0.05) is 5.56 Å². The van der Waals surface area contributed by atoms with E-state index < -0.39 is 23.4 Å². The zero-order chi connectivity index (χ0) is 13.0. The molecule has 0 radical (unpaired) electrons. The number of para-hydroxylation sites is 1. The zero-order valence-electron chi connectivity index (χ0n) is 9.00. The smallest absolute Gasteiger partial charge is 0.345 e. The van der Waals surface area contributed by atoms with Crippen LogP contribution in [0.2, 0.25) is 0 Å². The van der Waals surface area contributed by atoms with Crippen molar-refractivity contribution >= 4 is 17.6 Å². The van der Waals surface area contributed by atoms with E-state index in [9.17, 15) is 19.7 Å². The molecule has 0 bridgehead atoms. The van der Waals surface area contributed by atoms with Crippen LogP contribution < -0.4 is 5.73 Å². The first-order valence-corrected chi connectivity index (χ1v) is 4.63. The SMILES string of the molecule is Cc1cccc(C(=O)OCC(N)=O)c1[N+](=O)[O-]. The molecule has 0 unspecified atom stereocenters. The van der Waals surface area contributed by atoms with Gasteiger partial charge >= 0.3 is 5.97 Å². The van der Waals surface area contributed by atoms with Crippen molar-refractivity contribution in [3.8, 4) is 0 Å². The Morgan fingerprint density at radius 1 is 1.47 bits per heavy atom. The molecule has 90 valence electrons. The number of hydrogen-bond donors (Lipinski definition) is 1. The molecule has 0 saturated heterocycles. The molecule has 2 N–H and O–H groups in total. The molecule has 0 heterocycles. The molecule has 0 aliphatic carbocycles. The molecular formula is C10H10N2O5. The molecule has 0 aliphatic heterocycles. The van der Waals surface area contributed by atoms with E-state index in [-0.39, 0.29) is 11.3 Å². The summed E-state index contributed by atoms with van der Waals surface area (Å²) >= 11 is 0. The number of primary amides is 1. The number of ether oxygens (including phenoxy) is 1. The van der Waals surface area contributed by atoms with E-state index in [1.807, 2.05) is 0 Å². The fraction of sp³-hybridized carbons (Fsp3) is 0.200. The van der Waals surface area contributed by atoms with Crippen molar-refractivity contribution < 1.29 is 19.2 Å². The lowest BCUT2D eigenvalue weighted by atomic mass is 10.1. The maximum absolute atomic E-state index is 11.5. The summed E-state index contributed by atoms with van der Waals surface area (Å²) in [5, 5.41) is 10.8. The molecule has 0 fully saturated rings. The Balaban J connectivity index is 3.05. The van der Waals surface area contributed by atoms with Crippen molar-refractivity contribution in [1.29, 1.82) is 0 Å². The number of carbonyl (C=O) groups is 2. The van der Waals surface area contributed by atoms with Crippen LogP contribution in [0.15, 0.2) is 18.2 Å². The topological polar surface area (TPSA) is 113 Å². The molecule has 0 atom stereocenters. The van der Waals surface area contributed by atoms with E-state index in [0.29, 0.717) is 5.56 Å². The maximum Gasteiger partial charge on any atom is 0.345 e. The molecule has 0 aromatic heterocycles. The molecule has 1 aromatic rings. The van der Waals surface area contributed by atoms with Crippen molar-refractivity contribution in [2.75, 3.05) is 6.61 Å². The normalized spacial score (nSPS) is 9.71. The Hall–Kier alpha value is -2.44. The molecule has 0 saturated carbocycles. The lowest BCUT2D eigenvalue weighted by Gasteiger charge is -2.04. The minimum Gasteiger partial charge on any atom is -0.452 e. The molecule has 1 amide bonds. The van der Waals surface area contributed by atoms with E-state index in [1.165, 1.54) is 25.1 Å². The van der Waals surface area contributed by atoms with Crippen molar-refractivity contribution in [3.05, 3.63) is 39.4 Å². The highest BCUT2D eigenvalue weighted by atomic mass is 16.6. The van der Waals surface area contributed by atoms with Crippen LogP contribution in [0.5, 0.6) is 0 Å². The molecule has 7 nitrogen and oxygen atoms in total. The van der Waals surface area contributed by atoms with Gasteiger partial charge in [0.15, 0.2) is 6.61 Å². The Morgan fingerprint density at radius 3 is 2.65 bits per heavy atom. The number of aryl methyl sites for hydroxylation is 1. The summed E-state index contributed by atoms with van der Waals surface area (Å²) < 4.78 is 4.52. The van der Waals surface area contributed by atoms with E-state index in [2.05, 4.69) is 4.74 Å². The second kappa shape index (κ2) is 5.06. The van der Waals surface area contributed by atoms with Crippen LogP contribution in [0.1, 0.15) is 15.9 Å². The van der Waals surface area contributed by atoms with E-state index in [1.54, 1.807) is 0 Å². The summed E-state index contributed by atoms with van der Waals surface area (Å²) in [6.07, 6.45) is 0. The second-order valence-electron chi connectivity index (χ2n) is 3.27. The second-order valence-corrected chi connectivity index (χ2v) is 3.27. The Morgan fingerprint density at radius 2 is 2.12 bits per heavy atom. The van der Waals surface area contributed by atoms with Crippen LogP contribution in [-0.2, 0) is 9.53 Å². The number of amides is 1. The Labute approximate surface area is 96.3 Å². The van der Waals surface area contributed by atoms with Gasteiger partial charge in [0.25, 0.3) is 11.6 Å². The van der Waals surface area contributed by atoms with Crippen LogP contribution in [0.4, 0.5) is 5.69 Å². The Kier molecular flexibility index (Phi) is 3.76. The molecule has 7 heteroatoms. The van der Waals surface area contributed by atoms with Gasteiger partial charge in [-0.25, -0.2) is 4.79 Å². The number of rotatable bonds is 4. The first-order valence-electron chi connectivity index (χ1n) is 4.63. The van der Waals surface area contributed by atoms with Crippen molar-refractivity contribution in [3.63, 3.8) is 0 Å². The van der Waals surface area contributed by atoms with Gasteiger partial charge in [-0.2, -0.15) is 0 Å². The highest BCUT2D eigenvalue weighted by Crippen LogP contribution is 2.23. The highest BCUT2D eigenvalue weighted by Gasteiger charge is 2.23. The van der Waals surface area contributed by atoms with Gasteiger partial charge in [0.2, 0.25) is 0 Å². The summed E-state index contributed by atoms with van der Waals surface area (Å²) in [4.78, 5) is 32.0. The molecular weight excluding hydrogens is 228 g/mol. The number of nitrogens with zero attached hydrogens (tertiary/aromatic N) is 1. The number of nitrogens with two attached hydrogens (primary N) is 1. The summed E-state index contributed by atoms with van der Waals surface area (Å²) in [5.74, 6) is -1.77. The maximum atomic E-state index is 11.5. The van der Waals surface area contributed by atoms with Crippen LogP contribution in [0.3, 0.4) is 0 Å². The average molecular weight is 238 g/mol. The first kappa shape index (κ1) is 12.6. The minimum atomic E-state index is -0.945. The third-order valence-electron chi connectivity index (χ3n) is 1.99. The van der Waals surface area contributed by atoms with E-state index in [4.69, 9.17) is 5.73 Å². The summed E-state index contributed by atoms with van der Waals surface area (Å²) in [5.41, 5.74) is 4.60. The number of carbonyl (C=O) groups excluding carboxylic acids is 2. The number of nitro benzene ring substituents is 1. The fourth-order valence-electron chi connectivity index (χ4n) is 1.28. The summed E-state index contributed by atoms with van der Waals surface area (Å²) in [6, 6.07) is 4.25. The standard InChI is InChI=1S/C10H10N2O5/c1-6-3-2-4-7(9(6)12(15)16)10(14)17-5-8(11)13/h2-4H,5H2,1H3,(H2,11,13). The van der Waals surface area contributed by atoms with Crippen molar-refractivity contribution in [1.82, 2.24) is 0 Å². The van der Waals surface area contributed by atoms with Gasteiger partial charge in [-0.1, -0.05) is 12.1 Å².